The Kier molecular flexibility index (Phi) is 23.2. The SMILES string of the molecule is CCCCCCCCCCCCCCCC(=O)OC(C(=O)NCCCCCCOC1C(O[PH](=O)O)[C@@H](CO)O[C@H]1n1ccc(=O)[nH]c1=O)C(C)C. The van der Waals surface area contributed by atoms with Gasteiger partial charge in [-0.25, -0.2) is 4.79 Å². The molecule has 294 valence electrons. The summed E-state index contributed by atoms with van der Waals surface area (Å²) < 4.78 is 35.0. The number of rotatable bonds is 29. The van der Waals surface area contributed by atoms with Crippen molar-refractivity contribution in [2.45, 2.75) is 167 Å². The Morgan fingerprint density at radius 1 is 0.922 bits per heavy atom. The molecule has 1 aromatic rings. The Hall–Kier alpha value is -2.35. The maximum atomic E-state index is 12.8. The van der Waals surface area contributed by atoms with Gasteiger partial charge in [-0.1, -0.05) is 111 Å². The first-order chi connectivity index (χ1) is 24.6. The molecule has 0 saturated carbocycles. The second-order valence-electron chi connectivity index (χ2n) is 13.8. The van der Waals surface area contributed by atoms with Crippen LogP contribution in [0.5, 0.6) is 0 Å². The van der Waals surface area contributed by atoms with E-state index in [1.54, 1.807) is 0 Å². The van der Waals surface area contributed by atoms with E-state index in [4.69, 9.17) is 18.7 Å². The highest BCUT2D eigenvalue weighted by atomic mass is 31.1. The number of aromatic amines is 1. The first-order valence-corrected chi connectivity index (χ1v) is 20.4. The highest BCUT2D eigenvalue weighted by molar-refractivity contribution is 7.32. The lowest BCUT2D eigenvalue weighted by molar-refractivity contribution is -0.158. The molecule has 4 unspecified atom stereocenters. The number of carbonyl (C=O) groups is 2. The Balaban J connectivity index is 1.63. The van der Waals surface area contributed by atoms with Crippen molar-refractivity contribution >= 4 is 20.1 Å². The molecule has 1 aliphatic heterocycles. The van der Waals surface area contributed by atoms with Gasteiger partial charge in [0.05, 0.1) is 6.61 Å². The van der Waals surface area contributed by atoms with Crippen LogP contribution in [0.1, 0.15) is 143 Å². The van der Waals surface area contributed by atoms with Crippen LogP contribution in [0.15, 0.2) is 21.9 Å². The Morgan fingerprint density at radius 3 is 2.08 bits per heavy atom. The number of nitrogens with zero attached hydrogens (tertiary/aromatic N) is 1. The minimum atomic E-state index is -3.43. The van der Waals surface area contributed by atoms with Gasteiger partial charge >= 0.3 is 19.9 Å². The normalized spacial score (nSPS) is 20.0. The summed E-state index contributed by atoms with van der Waals surface area (Å²) in [5, 5.41) is 12.6. The summed E-state index contributed by atoms with van der Waals surface area (Å²) in [6.45, 7) is 6.03. The molecule has 51 heavy (non-hydrogen) atoms. The molecule has 2 rings (SSSR count). The predicted molar refractivity (Wildman–Crippen MR) is 195 cm³/mol. The lowest BCUT2D eigenvalue weighted by Gasteiger charge is -2.24. The summed E-state index contributed by atoms with van der Waals surface area (Å²) in [7, 11) is -3.43. The topological polar surface area (TPSA) is 195 Å². The number of esters is 1. The maximum Gasteiger partial charge on any atom is 0.330 e. The average Bonchev–Trinajstić information content (AvgIpc) is 3.42. The smallest absolute Gasteiger partial charge is 0.330 e. The van der Waals surface area contributed by atoms with Crippen molar-refractivity contribution < 1.29 is 42.9 Å². The van der Waals surface area contributed by atoms with E-state index in [2.05, 4.69) is 17.2 Å². The number of amides is 1. The lowest BCUT2D eigenvalue weighted by Crippen LogP contribution is -2.41. The maximum absolute atomic E-state index is 12.8. The van der Waals surface area contributed by atoms with Crippen LogP contribution in [-0.4, -0.2) is 75.6 Å². The summed E-state index contributed by atoms with van der Waals surface area (Å²) in [4.78, 5) is 60.7. The van der Waals surface area contributed by atoms with Gasteiger partial charge in [0, 0.05) is 31.8 Å². The van der Waals surface area contributed by atoms with Crippen LogP contribution in [0.2, 0.25) is 0 Å². The van der Waals surface area contributed by atoms with Crippen LogP contribution >= 0.6 is 8.25 Å². The molecule has 1 saturated heterocycles. The molecule has 0 aliphatic carbocycles. The third-order valence-electron chi connectivity index (χ3n) is 9.12. The van der Waals surface area contributed by atoms with Gasteiger partial charge in [0.25, 0.3) is 11.5 Å². The molecule has 1 aromatic heterocycles. The summed E-state index contributed by atoms with van der Waals surface area (Å²) in [6.07, 6.45) is 15.2. The van der Waals surface area contributed by atoms with Crippen molar-refractivity contribution in [1.82, 2.24) is 14.9 Å². The van der Waals surface area contributed by atoms with E-state index in [0.717, 1.165) is 42.7 Å². The van der Waals surface area contributed by atoms with Crippen LogP contribution in [0, 0.1) is 5.92 Å². The highest BCUT2D eigenvalue weighted by Crippen LogP contribution is 2.37. The van der Waals surface area contributed by atoms with E-state index < -0.39 is 56.8 Å². The third kappa shape index (κ3) is 17.8. The van der Waals surface area contributed by atoms with Gasteiger partial charge in [0.2, 0.25) is 0 Å². The van der Waals surface area contributed by atoms with E-state index in [-0.39, 0.29) is 24.4 Å². The van der Waals surface area contributed by atoms with Crippen LogP contribution < -0.4 is 16.6 Å². The summed E-state index contributed by atoms with van der Waals surface area (Å²) in [6, 6.07) is 1.13. The second kappa shape index (κ2) is 26.4. The number of aliphatic hydroxyl groups is 1. The first kappa shape index (κ1) is 44.8. The van der Waals surface area contributed by atoms with Crippen molar-refractivity contribution in [2.75, 3.05) is 19.8 Å². The molecular formula is C36H64N3O11P. The van der Waals surface area contributed by atoms with Gasteiger partial charge in [0.15, 0.2) is 12.3 Å². The predicted octanol–water partition coefficient (Wildman–Crippen LogP) is 5.30. The fourth-order valence-electron chi connectivity index (χ4n) is 6.23. The molecule has 2 heterocycles. The van der Waals surface area contributed by atoms with E-state index in [1.165, 1.54) is 70.4 Å². The van der Waals surface area contributed by atoms with Gasteiger partial charge in [-0.05, 0) is 25.2 Å². The zero-order valence-corrected chi connectivity index (χ0v) is 32.0. The number of unbranched alkanes of at least 4 members (excludes halogenated alkanes) is 15. The van der Waals surface area contributed by atoms with Gasteiger partial charge in [-0.3, -0.25) is 28.5 Å². The third-order valence-corrected chi connectivity index (χ3v) is 9.59. The Bertz CT molecular complexity index is 1260. The molecule has 6 atom stereocenters. The molecule has 4 N–H and O–H groups in total. The van der Waals surface area contributed by atoms with Gasteiger partial charge < -0.3 is 34.1 Å². The number of carbonyl (C=O) groups excluding carboxylic acids is 2. The fourth-order valence-corrected chi connectivity index (χ4v) is 6.75. The first-order valence-electron chi connectivity index (χ1n) is 19.1. The second-order valence-corrected chi connectivity index (χ2v) is 14.6. The van der Waals surface area contributed by atoms with Gasteiger partial charge in [-0.2, -0.15) is 0 Å². The molecule has 1 fully saturated rings. The van der Waals surface area contributed by atoms with E-state index in [0.29, 0.717) is 25.8 Å². The van der Waals surface area contributed by atoms with Crippen LogP contribution in [0.3, 0.4) is 0 Å². The summed E-state index contributed by atoms with van der Waals surface area (Å²) in [5.74, 6) is -0.794. The van der Waals surface area contributed by atoms with Crippen LogP contribution in [0.25, 0.3) is 0 Å². The van der Waals surface area contributed by atoms with Crippen molar-refractivity contribution in [1.29, 1.82) is 0 Å². The molecular weight excluding hydrogens is 681 g/mol. The number of hydrogen-bond donors (Lipinski definition) is 4. The molecule has 0 aromatic carbocycles. The summed E-state index contributed by atoms with van der Waals surface area (Å²) >= 11 is 0. The van der Waals surface area contributed by atoms with E-state index in [9.17, 15) is 33.7 Å². The minimum Gasteiger partial charge on any atom is -0.452 e. The largest absolute Gasteiger partial charge is 0.452 e. The number of aliphatic hydroxyl groups excluding tert-OH is 1. The zero-order valence-electron chi connectivity index (χ0n) is 31.0. The quantitative estimate of drug-likeness (QED) is 0.0472. The number of nitrogens with one attached hydrogen (secondary N) is 2. The van der Waals surface area contributed by atoms with E-state index >= 15 is 0 Å². The van der Waals surface area contributed by atoms with Crippen LogP contribution in [0.4, 0.5) is 0 Å². The van der Waals surface area contributed by atoms with Crippen molar-refractivity contribution in [2.24, 2.45) is 5.92 Å². The number of hydrogen-bond acceptors (Lipinski definition) is 10. The van der Waals surface area contributed by atoms with Crippen molar-refractivity contribution in [3.05, 3.63) is 33.1 Å². The molecule has 1 aliphatic rings. The fraction of sp³-hybridized carbons (Fsp3) is 0.833. The number of ether oxygens (including phenoxy) is 3. The summed E-state index contributed by atoms with van der Waals surface area (Å²) in [5.41, 5.74) is -1.36. The number of aromatic nitrogens is 2. The lowest BCUT2D eigenvalue weighted by atomic mass is 10.0. The molecule has 14 nitrogen and oxygen atoms in total. The molecule has 1 amide bonds. The molecule has 15 heteroatoms. The Labute approximate surface area is 303 Å². The van der Waals surface area contributed by atoms with Gasteiger partial charge in [-0.15, -0.1) is 0 Å². The molecule has 0 bridgehead atoms. The molecule has 0 radical (unpaired) electrons. The number of H-pyrrole nitrogens is 1. The standard InChI is InChI=1S/C36H64N3O11P/c1-4-5-6-7-8-9-10-11-12-13-14-15-18-21-30(42)49-31(27(2)3)34(43)37-23-19-16-17-20-25-47-33-32(50-51(45)46)28(26-40)48-35(33)39-24-22-29(41)38-36(39)44/h22,24,27-28,31-33,35,40,51H,4-21,23,25-26H2,1-3H3,(H,37,43)(H,45,46)(H,38,41,44)/t28-,31?,32?,33?,35-/m1/s1. The highest BCUT2D eigenvalue weighted by Gasteiger charge is 2.48. The monoisotopic (exact) mass is 745 g/mol. The minimum absolute atomic E-state index is 0.156. The van der Waals surface area contributed by atoms with E-state index in [1.807, 2.05) is 13.8 Å². The van der Waals surface area contributed by atoms with Crippen molar-refractivity contribution in [3.63, 3.8) is 0 Å². The van der Waals surface area contributed by atoms with Crippen molar-refractivity contribution in [3.8, 4) is 0 Å². The average molecular weight is 746 g/mol. The van der Waals surface area contributed by atoms with Gasteiger partial charge in [0.1, 0.15) is 18.3 Å². The molecule has 0 spiro atoms. The Morgan fingerprint density at radius 2 is 1.51 bits per heavy atom. The zero-order chi connectivity index (χ0) is 37.4. The van der Waals surface area contributed by atoms with Crippen LogP contribution in [-0.2, 0) is 32.9 Å².